The van der Waals surface area contributed by atoms with Gasteiger partial charge in [-0.3, -0.25) is 4.72 Å². The maximum absolute atomic E-state index is 12.7. The second-order valence-corrected chi connectivity index (χ2v) is 4.92. The smallest absolute Gasteiger partial charge is 0.232 e. The molecule has 0 aromatic heterocycles. The zero-order valence-corrected chi connectivity index (χ0v) is 8.94. The van der Waals surface area contributed by atoms with Gasteiger partial charge in [0.15, 0.2) is 0 Å². The van der Waals surface area contributed by atoms with Crippen molar-refractivity contribution < 1.29 is 17.2 Å². The van der Waals surface area contributed by atoms with Crippen LogP contribution in [0.1, 0.15) is 13.3 Å². The van der Waals surface area contributed by atoms with E-state index in [1.165, 1.54) is 0 Å². The quantitative estimate of drug-likeness (QED) is 0.868. The Bertz CT molecular complexity index is 425. The van der Waals surface area contributed by atoms with Crippen molar-refractivity contribution in [3.8, 4) is 0 Å². The van der Waals surface area contributed by atoms with Crippen molar-refractivity contribution >= 4 is 15.7 Å². The molecule has 1 rings (SSSR count). The van der Waals surface area contributed by atoms with E-state index in [-0.39, 0.29) is 11.4 Å². The topological polar surface area (TPSA) is 46.2 Å². The molecule has 84 valence electrons. The first-order valence-electron chi connectivity index (χ1n) is 4.39. The van der Waals surface area contributed by atoms with Crippen LogP contribution in [0.2, 0.25) is 0 Å². The highest BCUT2D eigenvalue weighted by atomic mass is 32.2. The molecule has 1 aromatic rings. The highest BCUT2D eigenvalue weighted by Gasteiger charge is 2.10. The van der Waals surface area contributed by atoms with Crippen LogP contribution < -0.4 is 4.72 Å². The van der Waals surface area contributed by atoms with Crippen molar-refractivity contribution in [3.05, 3.63) is 29.8 Å². The zero-order chi connectivity index (χ0) is 11.5. The van der Waals surface area contributed by atoms with Crippen molar-refractivity contribution in [2.75, 3.05) is 10.5 Å². The lowest BCUT2D eigenvalue weighted by Gasteiger charge is -2.06. The number of hydrogen-bond donors (Lipinski definition) is 1. The summed E-state index contributed by atoms with van der Waals surface area (Å²) in [5, 5.41) is 0. The summed E-state index contributed by atoms with van der Waals surface area (Å²) in [5.41, 5.74) is -0.0963. The second-order valence-electron chi connectivity index (χ2n) is 3.08. The molecule has 0 aliphatic heterocycles. The number of halogens is 2. The molecule has 0 radical (unpaired) electrons. The third-order valence-corrected chi connectivity index (χ3v) is 3.10. The van der Waals surface area contributed by atoms with E-state index in [0.717, 1.165) is 12.1 Å². The molecule has 0 amide bonds. The molecule has 0 aliphatic rings. The summed E-state index contributed by atoms with van der Waals surface area (Å²) >= 11 is 0. The average Bonchev–Trinajstić information content (AvgIpc) is 1.99. The van der Waals surface area contributed by atoms with Crippen LogP contribution in [0, 0.1) is 11.6 Å². The number of anilines is 1. The van der Waals surface area contributed by atoms with E-state index in [0.29, 0.717) is 12.5 Å². The molecule has 3 nitrogen and oxygen atoms in total. The average molecular weight is 235 g/mol. The van der Waals surface area contributed by atoms with Crippen LogP contribution in [-0.2, 0) is 10.0 Å². The normalized spacial score (nSPS) is 11.4. The van der Waals surface area contributed by atoms with E-state index in [1.54, 1.807) is 6.92 Å². The maximum Gasteiger partial charge on any atom is 0.232 e. The molecular formula is C9H11F2NO2S. The fraction of sp³-hybridized carbons (Fsp3) is 0.333. The van der Waals surface area contributed by atoms with Crippen molar-refractivity contribution in [2.24, 2.45) is 0 Å². The van der Waals surface area contributed by atoms with Crippen LogP contribution in [0.15, 0.2) is 18.2 Å². The molecule has 1 aromatic carbocycles. The summed E-state index contributed by atoms with van der Waals surface area (Å²) in [6.07, 6.45) is 0.438. The molecule has 6 heteroatoms. The Balaban J connectivity index is 2.90. The van der Waals surface area contributed by atoms with Gasteiger partial charge in [-0.1, -0.05) is 6.92 Å². The van der Waals surface area contributed by atoms with Crippen molar-refractivity contribution in [2.45, 2.75) is 13.3 Å². The Morgan fingerprint density at radius 3 is 2.20 bits per heavy atom. The van der Waals surface area contributed by atoms with E-state index >= 15 is 0 Å². The molecule has 1 N–H and O–H groups in total. The van der Waals surface area contributed by atoms with Gasteiger partial charge in [0.1, 0.15) is 11.6 Å². The van der Waals surface area contributed by atoms with Crippen LogP contribution in [0.25, 0.3) is 0 Å². The highest BCUT2D eigenvalue weighted by molar-refractivity contribution is 7.92. The largest absolute Gasteiger partial charge is 0.283 e. The summed E-state index contributed by atoms with van der Waals surface area (Å²) in [6.45, 7) is 1.70. The van der Waals surface area contributed by atoms with Crippen LogP contribution >= 0.6 is 0 Å². The molecule has 0 saturated heterocycles. The van der Waals surface area contributed by atoms with Gasteiger partial charge < -0.3 is 0 Å². The van der Waals surface area contributed by atoms with Crippen molar-refractivity contribution in [1.82, 2.24) is 0 Å². The lowest BCUT2D eigenvalue weighted by atomic mass is 10.3. The Morgan fingerprint density at radius 1 is 1.20 bits per heavy atom. The molecule has 0 aliphatic carbocycles. The fourth-order valence-corrected chi connectivity index (χ4v) is 2.23. The third kappa shape index (κ3) is 3.83. The molecule has 0 spiro atoms. The van der Waals surface area contributed by atoms with Crippen LogP contribution in [0.3, 0.4) is 0 Å². The predicted octanol–water partition coefficient (Wildman–Crippen LogP) is 2.12. The van der Waals surface area contributed by atoms with Crippen molar-refractivity contribution in [3.63, 3.8) is 0 Å². The minimum atomic E-state index is -3.50. The SMILES string of the molecule is CCCS(=O)(=O)Nc1cc(F)cc(F)c1. The summed E-state index contributed by atoms with van der Waals surface area (Å²) in [7, 11) is -3.50. The Morgan fingerprint density at radius 2 is 1.73 bits per heavy atom. The number of benzene rings is 1. The summed E-state index contributed by atoms with van der Waals surface area (Å²) in [6, 6.07) is 2.53. The number of rotatable bonds is 4. The predicted molar refractivity (Wildman–Crippen MR) is 54.1 cm³/mol. The molecule has 0 bridgehead atoms. The zero-order valence-electron chi connectivity index (χ0n) is 8.13. The van der Waals surface area contributed by atoms with E-state index in [9.17, 15) is 17.2 Å². The molecule has 15 heavy (non-hydrogen) atoms. The third-order valence-electron chi connectivity index (χ3n) is 1.61. The number of nitrogens with one attached hydrogen (secondary N) is 1. The van der Waals surface area contributed by atoms with Crippen LogP contribution in [0.4, 0.5) is 14.5 Å². The van der Waals surface area contributed by atoms with Gasteiger partial charge in [-0.05, 0) is 18.6 Å². The van der Waals surface area contributed by atoms with E-state index in [4.69, 9.17) is 0 Å². The lowest BCUT2D eigenvalue weighted by Crippen LogP contribution is -2.16. The standard InChI is InChI=1S/C9H11F2NO2S/c1-2-3-15(13,14)12-9-5-7(10)4-8(11)6-9/h4-6,12H,2-3H2,1H3. The first-order valence-corrected chi connectivity index (χ1v) is 6.05. The highest BCUT2D eigenvalue weighted by Crippen LogP contribution is 2.14. The minimum Gasteiger partial charge on any atom is -0.283 e. The van der Waals surface area contributed by atoms with Gasteiger partial charge in [-0.25, -0.2) is 17.2 Å². The minimum absolute atomic E-state index is 0.0782. The van der Waals surface area contributed by atoms with Gasteiger partial charge in [0.25, 0.3) is 0 Å². The Kier molecular flexibility index (Phi) is 3.62. The van der Waals surface area contributed by atoms with E-state index in [2.05, 4.69) is 4.72 Å². The monoisotopic (exact) mass is 235 g/mol. The first-order chi connectivity index (χ1) is 6.93. The Hall–Kier alpha value is -1.17. The first kappa shape index (κ1) is 11.9. The number of hydrogen-bond acceptors (Lipinski definition) is 2. The van der Waals surface area contributed by atoms with Gasteiger partial charge in [-0.2, -0.15) is 0 Å². The second kappa shape index (κ2) is 4.57. The number of sulfonamides is 1. The molecule has 0 fully saturated rings. The maximum atomic E-state index is 12.7. The molecule has 0 saturated carbocycles. The van der Waals surface area contributed by atoms with Crippen molar-refractivity contribution in [1.29, 1.82) is 0 Å². The van der Waals surface area contributed by atoms with Crippen LogP contribution in [-0.4, -0.2) is 14.2 Å². The van der Waals surface area contributed by atoms with Gasteiger partial charge >= 0.3 is 0 Å². The molecule has 0 heterocycles. The Labute approximate surface area is 87.2 Å². The molecule has 0 unspecified atom stereocenters. The summed E-state index contributed by atoms with van der Waals surface area (Å²) in [4.78, 5) is 0. The van der Waals surface area contributed by atoms with Gasteiger partial charge in [0.2, 0.25) is 10.0 Å². The molecular weight excluding hydrogens is 224 g/mol. The van der Waals surface area contributed by atoms with E-state index in [1.807, 2.05) is 0 Å². The lowest BCUT2D eigenvalue weighted by molar-refractivity contribution is 0.584. The van der Waals surface area contributed by atoms with E-state index < -0.39 is 21.7 Å². The van der Waals surface area contributed by atoms with Gasteiger partial charge in [-0.15, -0.1) is 0 Å². The summed E-state index contributed by atoms with van der Waals surface area (Å²) in [5.74, 6) is -1.71. The fourth-order valence-electron chi connectivity index (χ4n) is 1.11. The van der Waals surface area contributed by atoms with Crippen LogP contribution in [0.5, 0.6) is 0 Å². The van der Waals surface area contributed by atoms with Gasteiger partial charge in [0, 0.05) is 6.07 Å². The van der Waals surface area contributed by atoms with Gasteiger partial charge in [0.05, 0.1) is 11.4 Å². The molecule has 0 atom stereocenters. The summed E-state index contributed by atoms with van der Waals surface area (Å²) < 4.78 is 50.1.